The molecule has 0 aromatic carbocycles. The molecule has 0 saturated carbocycles. The molecule has 20 heavy (non-hydrogen) atoms. The standard InChI is InChI=1S/C13H18ClN3O2S/c14-13-15-8-11(20-13)12(18)17-3-1-2-10(17)9-16-4-6-19-7-5-16/h8,10H,1-7,9H2/t10-/m0/s1. The Morgan fingerprint density at radius 3 is 2.95 bits per heavy atom. The summed E-state index contributed by atoms with van der Waals surface area (Å²) in [5.41, 5.74) is 0. The Balaban J connectivity index is 1.64. The topological polar surface area (TPSA) is 45.7 Å². The minimum Gasteiger partial charge on any atom is -0.379 e. The Morgan fingerprint density at radius 2 is 2.25 bits per heavy atom. The molecule has 1 amide bonds. The minimum absolute atomic E-state index is 0.0742. The summed E-state index contributed by atoms with van der Waals surface area (Å²) in [4.78, 5) is 21.5. The monoisotopic (exact) mass is 315 g/mol. The van der Waals surface area contributed by atoms with Crippen LogP contribution in [0.15, 0.2) is 6.20 Å². The van der Waals surface area contributed by atoms with E-state index in [0.29, 0.717) is 15.4 Å². The third-order valence-electron chi connectivity index (χ3n) is 3.90. The van der Waals surface area contributed by atoms with Gasteiger partial charge in [-0.25, -0.2) is 4.98 Å². The SMILES string of the molecule is O=C(c1cnc(Cl)s1)N1CCC[C@H]1CN1CCOCC1. The number of morpholine rings is 1. The summed E-state index contributed by atoms with van der Waals surface area (Å²) in [6.07, 6.45) is 3.74. The summed E-state index contributed by atoms with van der Waals surface area (Å²) in [5, 5.41) is 0. The first-order chi connectivity index (χ1) is 9.74. The molecule has 1 aromatic heterocycles. The van der Waals surface area contributed by atoms with Crippen molar-refractivity contribution < 1.29 is 9.53 Å². The van der Waals surface area contributed by atoms with Crippen molar-refractivity contribution in [3.63, 3.8) is 0 Å². The van der Waals surface area contributed by atoms with Crippen molar-refractivity contribution in [2.24, 2.45) is 0 Å². The van der Waals surface area contributed by atoms with Crippen molar-refractivity contribution in [2.75, 3.05) is 39.4 Å². The molecular weight excluding hydrogens is 298 g/mol. The fraction of sp³-hybridized carbons (Fsp3) is 0.692. The number of hydrogen-bond donors (Lipinski definition) is 0. The third kappa shape index (κ3) is 3.14. The average molecular weight is 316 g/mol. The van der Waals surface area contributed by atoms with Gasteiger partial charge in [0.1, 0.15) is 4.88 Å². The summed E-state index contributed by atoms with van der Waals surface area (Å²) in [5.74, 6) is 0.0742. The summed E-state index contributed by atoms with van der Waals surface area (Å²) < 4.78 is 5.80. The largest absolute Gasteiger partial charge is 0.379 e. The van der Waals surface area contributed by atoms with Crippen LogP contribution < -0.4 is 0 Å². The number of ether oxygens (including phenoxy) is 1. The Morgan fingerprint density at radius 1 is 1.45 bits per heavy atom. The van der Waals surface area contributed by atoms with Crippen molar-refractivity contribution in [1.29, 1.82) is 0 Å². The number of rotatable bonds is 3. The molecule has 0 unspecified atom stereocenters. The molecule has 0 radical (unpaired) electrons. The Bertz CT molecular complexity index is 476. The van der Waals surface area contributed by atoms with E-state index >= 15 is 0 Å². The summed E-state index contributed by atoms with van der Waals surface area (Å²) in [6, 6.07) is 0.307. The lowest BCUT2D eigenvalue weighted by Crippen LogP contribution is -2.46. The molecular formula is C13H18ClN3O2S. The Labute approximate surface area is 127 Å². The zero-order chi connectivity index (χ0) is 13.9. The fourth-order valence-corrected chi connectivity index (χ4v) is 3.76. The summed E-state index contributed by atoms with van der Waals surface area (Å²) >= 11 is 7.08. The third-order valence-corrected chi connectivity index (χ3v) is 5.00. The molecule has 2 fully saturated rings. The Hall–Kier alpha value is -0.690. The van der Waals surface area contributed by atoms with E-state index in [1.165, 1.54) is 11.3 Å². The van der Waals surface area contributed by atoms with Gasteiger partial charge in [-0.05, 0) is 12.8 Å². The maximum Gasteiger partial charge on any atom is 0.265 e. The van der Waals surface area contributed by atoms with Crippen LogP contribution in [0.4, 0.5) is 0 Å². The highest BCUT2D eigenvalue weighted by atomic mass is 35.5. The molecule has 0 aliphatic carbocycles. The smallest absolute Gasteiger partial charge is 0.265 e. The molecule has 1 atom stereocenters. The number of carbonyl (C=O) groups is 1. The van der Waals surface area contributed by atoms with Gasteiger partial charge in [0.15, 0.2) is 4.47 Å². The first-order valence-electron chi connectivity index (χ1n) is 6.96. The van der Waals surface area contributed by atoms with Crippen molar-refractivity contribution in [3.05, 3.63) is 15.5 Å². The lowest BCUT2D eigenvalue weighted by molar-refractivity contribution is 0.0262. The fourth-order valence-electron chi connectivity index (χ4n) is 2.87. The van der Waals surface area contributed by atoms with Gasteiger partial charge in [-0.1, -0.05) is 22.9 Å². The second-order valence-corrected chi connectivity index (χ2v) is 6.80. The van der Waals surface area contributed by atoms with Crippen molar-refractivity contribution in [3.8, 4) is 0 Å². The number of hydrogen-bond acceptors (Lipinski definition) is 5. The van der Waals surface area contributed by atoms with E-state index in [0.717, 1.165) is 52.2 Å². The molecule has 1 aromatic rings. The van der Waals surface area contributed by atoms with E-state index in [4.69, 9.17) is 16.3 Å². The second kappa shape index (κ2) is 6.39. The van der Waals surface area contributed by atoms with Gasteiger partial charge in [-0.2, -0.15) is 0 Å². The van der Waals surface area contributed by atoms with Crippen LogP contribution in [0.25, 0.3) is 0 Å². The van der Waals surface area contributed by atoms with Crippen LogP contribution in [0.5, 0.6) is 0 Å². The molecule has 2 saturated heterocycles. The maximum atomic E-state index is 12.5. The molecule has 5 nitrogen and oxygen atoms in total. The average Bonchev–Trinajstić information content (AvgIpc) is 3.08. The van der Waals surface area contributed by atoms with Crippen molar-refractivity contribution in [2.45, 2.75) is 18.9 Å². The maximum absolute atomic E-state index is 12.5. The van der Waals surface area contributed by atoms with Gasteiger partial charge in [0, 0.05) is 32.2 Å². The van der Waals surface area contributed by atoms with Gasteiger partial charge < -0.3 is 9.64 Å². The van der Waals surface area contributed by atoms with Crippen molar-refractivity contribution in [1.82, 2.24) is 14.8 Å². The minimum atomic E-state index is 0.0742. The van der Waals surface area contributed by atoms with Gasteiger partial charge in [0.25, 0.3) is 5.91 Å². The number of nitrogens with zero attached hydrogens (tertiary/aromatic N) is 3. The number of thiazole rings is 1. The van der Waals surface area contributed by atoms with Gasteiger partial charge in [0.2, 0.25) is 0 Å². The van der Waals surface area contributed by atoms with Crippen LogP contribution >= 0.6 is 22.9 Å². The molecule has 0 N–H and O–H groups in total. The van der Waals surface area contributed by atoms with Gasteiger partial charge in [-0.15, -0.1) is 0 Å². The molecule has 110 valence electrons. The highest BCUT2D eigenvalue weighted by molar-refractivity contribution is 7.17. The molecule has 0 spiro atoms. The Kier molecular flexibility index (Phi) is 4.55. The zero-order valence-electron chi connectivity index (χ0n) is 11.3. The summed E-state index contributed by atoms with van der Waals surface area (Å²) in [7, 11) is 0. The van der Waals surface area contributed by atoms with Crippen LogP contribution in [-0.2, 0) is 4.74 Å². The molecule has 2 aliphatic rings. The van der Waals surface area contributed by atoms with Crippen LogP contribution in [0.2, 0.25) is 4.47 Å². The van der Waals surface area contributed by atoms with Crippen LogP contribution in [0, 0.1) is 0 Å². The molecule has 0 bridgehead atoms. The quantitative estimate of drug-likeness (QED) is 0.852. The van der Waals surface area contributed by atoms with E-state index in [1.807, 2.05) is 4.90 Å². The molecule has 3 rings (SSSR count). The highest BCUT2D eigenvalue weighted by Crippen LogP contribution is 2.25. The first kappa shape index (κ1) is 14.3. The predicted molar refractivity (Wildman–Crippen MR) is 78.4 cm³/mol. The number of halogens is 1. The first-order valence-corrected chi connectivity index (χ1v) is 8.16. The van der Waals surface area contributed by atoms with Gasteiger partial charge >= 0.3 is 0 Å². The van der Waals surface area contributed by atoms with E-state index in [2.05, 4.69) is 9.88 Å². The number of likely N-dealkylation sites (tertiary alicyclic amines) is 1. The van der Waals surface area contributed by atoms with E-state index in [9.17, 15) is 4.79 Å². The molecule has 3 heterocycles. The van der Waals surface area contributed by atoms with E-state index in [-0.39, 0.29) is 5.91 Å². The van der Waals surface area contributed by atoms with Crippen LogP contribution in [0.3, 0.4) is 0 Å². The van der Waals surface area contributed by atoms with E-state index in [1.54, 1.807) is 6.20 Å². The van der Waals surface area contributed by atoms with Gasteiger partial charge in [0.05, 0.1) is 19.4 Å². The highest BCUT2D eigenvalue weighted by Gasteiger charge is 2.31. The predicted octanol–water partition coefficient (Wildman–Crippen LogP) is 1.73. The number of aromatic nitrogens is 1. The van der Waals surface area contributed by atoms with Crippen LogP contribution in [0.1, 0.15) is 22.5 Å². The van der Waals surface area contributed by atoms with Crippen LogP contribution in [-0.4, -0.2) is 66.1 Å². The van der Waals surface area contributed by atoms with Gasteiger partial charge in [-0.3, -0.25) is 9.69 Å². The normalized spacial score (nSPS) is 24.2. The van der Waals surface area contributed by atoms with Crippen molar-refractivity contribution >= 4 is 28.8 Å². The lowest BCUT2D eigenvalue weighted by Gasteiger charge is -2.32. The lowest BCUT2D eigenvalue weighted by atomic mass is 10.2. The summed E-state index contributed by atoms with van der Waals surface area (Å²) in [6.45, 7) is 5.30. The zero-order valence-corrected chi connectivity index (χ0v) is 12.8. The second-order valence-electron chi connectivity index (χ2n) is 5.19. The number of amides is 1. The number of carbonyl (C=O) groups excluding carboxylic acids is 1. The molecule has 7 heteroatoms. The van der Waals surface area contributed by atoms with E-state index < -0.39 is 0 Å². The molecule has 2 aliphatic heterocycles.